The van der Waals surface area contributed by atoms with Gasteiger partial charge in [0.1, 0.15) is 0 Å². The first kappa shape index (κ1) is 14.3. The minimum Gasteiger partial charge on any atom is -0.309 e. The van der Waals surface area contributed by atoms with Crippen molar-refractivity contribution in [3.05, 3.63) is 42.2 Å². The molecule has 1 N–H and O–H groups in total. The van der Waals surface area contributed by atoms with Crippen LogP contribution >= 0.6 is 38.6 Å². The number of nitrogens with one attached hydrogen (secondary N) is 1. The Morgan fingerprint density at radius 2 is 2.00 bits per heavy atom. The maximum absolute atomic E-state index is 3.59. The van der Waals surface area contributed by atoms with Gasteiger partial charge in [-0.3, -0.25) is 0 Å². The third-order valence-electron chi connectivity index (χ3n) is 2.84. The fourth-order valence-electron chi connectivity index (χ4n) is 1.85. The molecule has 0 bridgehead atoms. The Labute approximate surface area is 125 Å². The molecule has 0 saturated heterocycles. The smallest absolute Gasteiger partial charge is 0.0314 e. The van der Waals surface area contributed by atoms with Crippen molar-refractivity contribution in [2.75, 3.05) is 0 Å². The van der Waals surface area contributed by atoms with E-state index in [1.165, 1.54) is 24.0 Å². The summed E-state index contributed by atoms with van der Waals surface area (Å²) in [6.07, 6.45) is 1.12. The lowest BCUT2D eigenvalue weighted by molar-refractivity contribution is 0.552. The van der Waals surface area contributed by atoms with Gasteiger partial charge >= 0.3 is 0 Å². The topological polar surface area (TPSA) is 12.0 Å². The maximum Gasteiger partial charge on any atom is 0.0314 e. The highest BCUT2D eigenvalue weighted by atomic mass is 79.9. The monoisotopic (exact) mass is 343 g/mol. The zero-order valence-corrected chi connectivity index (χ0v) is 14.1. The van der Waals surface area contributed by atoms with Crippen molar-refractivity contribution < 1.29 is 0 Å². The van der Waals surface area contributed by atoms with E-state index in [0.717, 1.165) is 13.0 Å². The van der Waals surface area contributed by atoms with Gasteiger partial charge in [0.15, 0.2) is 0 Å². The van der Waals surface area contributed by atoms with Gasteiger partial charge in [0.05, 0.1) is 0 Å². The molecule has 2 aromatic heterocycles. The van der Waals surface area contributed by atoms with Gasteiger partial charge in [0.25, 0.3) is 0 Å². The number of thiophene rings is 2. The standard InChI is InChI=1S/C14H18BrNS2/c1-9(6-12-5-4-10(2)17-12)16-8-13-7-14(15)11(3)18-13/h4-5,7,9,16H,6,8H2,1-3H3. The predicted octanol–water partition coefficient (Wildman–Crippen LogP) is 4.91. The van der Waals surface area contributed by atoms with Crippen molar-refractivity contribution in [2.45, 2.75) is 39.8 Å². The fourth-order valence-corrected chi connectivity index (χ4v) is 4.42. The molecule has 1 nitrogen and oxygen atoms in total. The molecule has 0 fully saturated rings. The average molecular weight is 344 g/mol. The van der Waals surface area contributed by atoms with Crippen LogP contribution in [-0.4, -0.2) is 6.04 Å². The van der Waals surface area contributed by atoms with Crippen LogP contribution in [0.4, 0.5) is 0 Å². The first-order chi connectivity index (χ1) is 8.54. The van der Waals surface area contributed by atoms with E-state index in [-0.39, 0.29) is 0 Å². The summed E-state index contributed by atoms with van der Waals surface area (Å²) >= 11 is 7.32. The summed E-state index contributed by atoms with van der Waals surface area (Å²) in [5, 5.41) is 3.59. The largest absolute Gasteiger partial charge is 0.309 e. The summed E-state index contributed by atoms with van der Waals surface area (Å²) in [5.74, 6) is 0. The lowest BCUT2D eigenvalue weighted by Gasteiger charge is -2.11. The molecule has 0 aromatic carbocycles. The van der Waals surface area contributed by atoms with E-state index in [1.807, 2.05) is 22.7 Å². The van der Waals surface area contributed by atoms with Gasteiger partial charge in [0, 0.05) is 36.6 Å². The third-order valence-corrected chi connectivity index (χ3v) is 6.00. The minimum absolute atomic E-state index is 0.518. The molecule has 0 radical (unpaired) electrons. The molecule has 0 aliphatic carbocycles. The molecule has 1 unspecified atom stereocenters. The second-order valence-corrected chi connectivity index (χ2v) is 8.18. The molecule has 0 amide bonds. The number of hydrogen-bond donors (Lipinski definition) is 1. The van der Waals surface area contributed by atoms with Crippen molar-refractivity contribution in [2.24, 2.45) is 0 Å². The summed E-state index contributed by atoms with van der Waals surface area (Å²) in [4.78, 5) is 5.62. The van der Waals surface area contributed by atoms with Crippen LogP contribution in [0.25, 0.3) is 0 Å². The summed E-state index contributed by atoms with van der Waals surface area (Å²) in [5.41, 5.74) is 0. The Balaban J connectivity index is 1.83. The molecule has 1 atom stereocenters. The Morgan fingerprint density at radius 1 is 1.22 bits per heavy atom. The van der Waals surface area contributed by atoms with Crippen LogP contribution in [0, 0.1) is 13.8 Å². The number of halogens is 1. The SMILES string of the molecule is Cc1ccc(CC(C)NCc2cc(Br)c(C)s2)s1. The normalized spacial score (nSPS) is 12.9. The molecule has 4 heteroatoms. The summed E-state index contributed by atoms with van der Waals surface area (Å²) in [7, 11) is 0. The quantitative estimate of drug-likeness (QED) is 0.813. The minimum atomic E-state index is 0.518. The second kappa shape index (κ2) is 6.33. The molecule has 0 aliphatic rings. The molecule has 0 spiro atoms. The number of hydrogen-bond acceptors (Lipinski definition) is 3. The molecular formula is C14H18BrNS2. The number of rotatable bonds is 5. The van der Waals surface area contributed by atoms with E-state index in [0.29, 0.717) is 6.04 Å². The van der Waals surface area contributed by atoms with Crippen LogP contribution in [0.1, 0.15) is 26.4 Å². The summed E-state index contributed by atoms with van der Waals surface area (Å²) < 4.78 is 1.23. The van der Waals surface area contributed by atoms with Crippen LogP contribution in [0.15, 0.2) is 22.7 Å². The van der Waals surface area contributed by atoms with Gasteiger partial charge in [-0.2, -0.15) is 0 Å². The highest BCUT2D eigenvalue weighted by molar-refractivity contribution is 9.10. The van der Waals surface area contributed by atoms with Crippen LogP contribution < -0.4 is 5.32 Å². The third kappa shape index (κ3) is 3.92. The van der Waals surface area contributed by atoms with Gasteiger partial charge in [-0.15, -0.1) is 22.7 Å². The van der Waals surface area contributed by atoms with E-state index >= 15 is 0 Å². The Kier molecular flexibility index (Phi) is 5.01. The van der Waals surface area contributed by atoms with Crippen molar-refractivity contribution in [1.82, 2.24) is 5.32 Å². The van der Waals surface area contributed by atoms with Gasteiger partial charge in [-0.05, 0) is 61.3 Å². The van der Waals surface area contributed by atoms with E-state index in [9.17, 15) is 0 Å². The van der Waals surface area contributed by atoms with E-state index in [1.54, 1.807) is 0 Å². The lowest BCUT2D eigenvalue weighted by atomic mass is 10.2. The average Bonchev–Trinajstić information content (AvgIpc) is 2.84. The molecule has 0 aliphatic heterocycles. The molecule has 18 heavy (non-hydrogen) atoms. The molecule has 0 saturated carbocycles. The highest BCUT2D eigenvalue weighted by Gasteiger charge is 2.07. The maximum atomic E-state index is 3.59. The fraction of sp³-hybridized carbons (Fsp3) is 0.429. The van der Waals surface area contributed by atoms with Crippen molar-refractivity contribution >= 4 is 38.6 Å². The van der Waals surface area contributed by atoms with Gasteiger partial charge in [-0.1, -0.05) is 0 Å². The zero-order valence-electron chi connectivity index (χ0n) is 10.9. The van der Waals surface area contributed by atoms with Crippen LogP contribution in [0.5, 0.6) is 0 Å². The first-order valence-electron chi connectivity index (χ1n) is 6.08. The Bertz CT molecular complexity index is 496. The van der Waals surface area contributed by atoms with Gasteiger partial charge in [-0.25, -0.2) is 0 Å². The molecule has 2 heterocycles. The predicted molar refractivity (Wildman–Crippen MR) is 85.8 cm³/mol. The van der Waals surface area contributed by atoms with Crippen molar-refractivity contribution in [1.29, 1.82) is 0 Å². The Hall–Kier alpha value is -0.160. The first-order valence-corrected chi connectivity index (χ1v) is 8.50. The van der Waals surface area contributed by atoms with Crippen molar-refractivity contribution in [3.8, 4) is 0 Å². The molecular weight excluding hydrogens is 326 g/mol. The second-order valence-electron chi connectivity index (χ2n) is 4.62. The van der Waals surface area contributed by atoms with Crippen LogP contribution in [-0.2, 0) is 13.0 Å². The molecule has 98 valence electrons. The summed E-state index contributed by atoms with van der Waals surface area (Å²) in [6, 6.07) is 7.18. The van der Waals surface area contributed by atoms with Crippen molar-refractivity contribution in [3.63, 3.8) is 0 Å². The van der Waals surface area contributed by atoms with Crippen LogP contribution in [0.3, 0.4) is 0 Å². The van der Waals surface area contributed by atoms with E-state index < -0.39 is 0 Å². The lowest BCUT2D eigenvalue weighted by Crippen LogP contribution is -2.26. The highest BCUT2D eigenvalue weighted by Crippen LogP contribution is 2.26. The Morgan fingerprint density at radius 3 is 2.56 bits per heavy atom. The molecule has 2 aromatic rings. The van der Waals surface area contributed by atoms with E-state index in [4.69, 9.17) is 0 Å². The van der Waals surface area contributed by atoms with Crippen LogP contribution in [0.2, 0.25) is 0 Å². The van der Waals surface area contributed by atoms with Gasteiger partial charge in [0.2, 0.25) is 0 Å². The summed E-state index contributed by atoms with van der Waals surface area (Å²) in [6.45, 7) is 7.53. The van der Waals surface area contributed by atoms with E-state index in [2.05, 4.69) is 60.2 Å². The molecule has 2 rings (SSSR count). The number of aryl methyl sites for hydroxylation is 2. The zero-order chi connectivity index (χ0) is 13.1. The van der Waals surface area contributed by atoms with Gasteiger partial charge < -0.3 is 5.32 Å².